The number of rotatable bonds is 7. The molecule has 1 aromatic carbocycles. The monoisotopic (exact) mass is 293 g/mol. The van der Waals surface area contributed by atoms with Crippen molar-refractivity contribution in [2.24, 2.45) is 5.92 Å². The lowest BCUT2D eigenvalue weighted by atomic mass is 10.1. The van der Waals surface area contributed by atoms with Crippen LogP contribution in [-0.4, -0.2) is 23.3 Å². The minimum absolute atomic E-state index is 0.204. The molecule has 0 saturated carbocycles. The van der Waals surface area contributed by atoms with Gasteiger partial charge in [0.05, 0.1) is 0 Å². The topological polar surface area (TPSA) is 37.8 Å². The fraction of sp³-hybridized carbons (Fsp3) is 0.467. The van der Waals surface area contributed by atoms with Gasteiger partial charge in [0.25, 0.3) is 0 Å². The van der Waals surface area contributed by atoms with Crippen molar-refractivity contribution < 1.29 is 4.39 Å². The molecule has 0 aliphatic heterocycles. The van der Waals surface area contributed by atoms with Crippen LogP contribution >= 0.6 is 11.3 Å². The van der Waals surface area contributed by atoms with E-state index in [2.05, 4.69) is 29.4 Å². The van der Waals surface area contributed by atoms with Gasteiger partial charge in [-0.1, -0.05) is 26.0 Å². The van der Waals surface area contributed by atoms with E-state index in [4.69, 9.17) is 0 Å². The van der Waals surface area contributed by atoms with Crippen LogP contribution in [0.4, 0.5) is 4.39 Å². The van der Waals surface area contributed by atoms with Crippen LogP contribution in [0.15, 0.2) is 24.3 Å². The molecular weight excluding hydrogens is 273 g/mol. The van der Waals surface area contributed by atoms with E-state index in [1.807, 2.05) is 6.07 Å². The smallest absolute Gasteiger partial charge is 0.123 e. The van der Waals surface area contributed by atoms with Crippen molar-refractivity contribution in [2.75, 3.05) is 13.1 Å². The molecule has 2 aromatic rings. The Morgan fingerprint density at radius 2 is 2.05 bits per heavy atom. The number of aromatic nitrogens is 2. The average molecular weight is 293 g/mol. The lowest BCUT2D eigenvalue weighted by molar-refractivity contribution is 0.553. The molecule has 108 valence electrons. The first-order valence-electron chi connectivity index (χ1n) is 6.90. The van der Waals surface area contributed by atoms with Crippen LogP contribution in [0.2, 0.25) is 0 Å². The van der Waals surface area contributed by atoms with Crippen LogP contribution in [-0.2, 0) is 12.8 Å². The third kappa shape index (κ3) is 4.98. The predicted molar refractivity (Wildman–Crippen MR) is 80.5 cm³/mol. The average Bonchev–Trinajstić information content (AvgIpc) is 2.82. The number of benzene rings is 1. The van der Waals surface area contributed by atoms with Gasteiger partial charge in [-0.25, -0.2) is 4.39 Å². The standard InChI is InChI=1S/C15H20FN3S/c1-11(2)10-17-7-6-14-18-19-15(20-14)9-12-4-3-5-13(16)8-12/h3-5,8,11,17H,6-7,9-10H2,1-2H3. The van der Waals surface area contributed by atoms with E-state index in [-0.39, 0.29) is 5.82 Å². The second-order valence-corrected chi connectivity index (χ2v) is 6.39. The summed E-state index contributed by atoms with van der Waals surface area (Å²) >= 11 is 1.61. The summed E-state index contributed by atoms with van der Waals surface area (Å²) < 4.78 is 13.1. The number of halogens is 1. The van der Waals surface area contributed by atoms with Gasteiger partial charge in [-0.3, -0.25) is 0 Å². The van der Waals surface area contributed by atoms with Crippen molar-refractivity contribution in [1.82, 2.24) is 15.5 Å². The summed E-state index contributed by atoms with van der Waals surface area (Å²) in [7, 11) is 0. The summed E-state index contributed by atoms with van der Waals surface area (Å²) in [6, 6.07) is 6.64. The van der Waals surface area contributed by atoms with E-state index in [1.165, 1.54) is 6.07 Å². The van der Waals surface area contributed by atoms with Crippen molar-refractivity contribution in [1.29, 1.82) is 0 Å². The summed E-state index contributed by atoms with van der Waals surface area (Å²) in [5, 5.41) is 13.7. The molecule has 0 aliphatic carbocycles. The van der Waals surface area contributed by atoms with Gasteiger partial charge in [0.2, 0.25) is 0 Å². The summed E-state index contributed by atoms with van der Waals surface area (Å²) in [6.45, 7) is 6.33. The Bertz CT molecular complexity index is 539. The highest BCUT2D eigenvalue weighted by atomic mass is 32.1. The van der Waals surface area contributed by atoms with Crippen LogP contribution in [0.5, 0.6) is 0 Å². The molecule has 0 unspecified atom stereocenters. The SMILES string of the molecule is CC(C)CNCCc1nnc(Cc2cccc(F)c2)s1. The molecule has 0 saturated heterocycles. The second kappa shape index (κ2) is 7.45. The van der Waals surface area contributed by atoms with E-state index >= 15 is 0 Å². The maximum absolute atomic E-state index is 13.1. The van der Waals surface area contributed by atoms with Gasteiger partial charge in [0, 0.05) is 19.4 Å². The first-order chi connectivity index (χ1) is 9.63. The van der Waals surface area contributed by atoms with Gasteiger partial charge in [-0.2, -0.15) is 0 Å². The van der Waals surface area contributed by atoms with Crippen LogP contribution in [0.3, 0.4) is 0 Å². The number of hydrogen-bond donors (Lipinski definition) is 1. The summed E-state index contributed by atoms with van der Waals surface area (Å²) in [6.07, 6.45) is 1.54. The van der Waals surface area contributed by atoms with Crippen LogP contribution in [0.1, 0.15) is 29.4 Å². The lowest BCUT2D eigenvalue weighted by Gasteiger charge is -2.05. The zero-order valence-electron chi connectivity index (χ0n) is 11.9. The van der Waals surface area contributed by atoms with Gasteiger partial charge in [-0.05, 0) is 30.2 Å². The first kappa shape index (κ1) is 15.1. The van der Waals surface area contributed by atoms with Crippen LogP contribution in [0, 0.1) is 11.7 Å². The van der Waals surface area contributed by atoms with Crippen molar-refractivity contribution in [3.05, 3.63) is 45.7 Å². The van der Waals surface area contributed by atoms with E-state index in [9.17, 15) is 4.39 Å². The third-order valence-corrected chi connectivity index (χ3v) is 3.80. The Morgan fingerprint density at radius 3 is 2.80 bits per heavy atom. The largest absolute Gasteiger partial charge is 0.316 e. The molecule has 1 aromatic heterocycles. The van der Waals surface area contributed by atoms with Crippen LogP contribution < -0.4 is 5.32 Å². The molecule has 3 nitrogen and oxygen atoms in total. The lowest BCUT2D eigenvalue weighted by Crippen LogP contribution is -2.22. The fourth-order valence-electron chi connectivity index (χ4n) is 1.87. The maximum atomic E-state index is 13.1. The minimum atomic E-state index is -0.204. The van der Waals surface area contributed by atoms with Crippen molar-refractivity contribution in [3.8, 4) is 0 Å². The molecule has 0 amide bonds. The van der Waals surface area contributed by atoms with E-state index in [1.54, 1.807) is 23.5 Å². The Kier molecular flexibility index (Phi) is 5.61. The molecule has 0 fully saturated rings. The van der Waals surface area contributed by atoms with Crippen LogP contribution in [0.25, 0.3) is 0 Å². The normalized spacial score (nSPS) is 11.2. The Balaban J connectivity index is 1.83. The second-order valence-electron chi connectivity index (χ2n) is 5.24. The summed E-state index contributed by atoms with van der Waals surface area (Å²) in [4.78, 5) is 0. The zero-order chi connectivity index (χ0) is 14.4. The van der Waals surface area contributed by atoms with Crippen molar-refractivity contribution in [2.45, 2.75) is 26.7 Å². The van der Waals surface area contributed by atoms with Crippen molar-refractivity contribution in [3.63, 3.8) is 0 Å². The first-order valence-corrected chi connectivity index (χ1v) is 7.71. The Morgan fingerprint density at radius 1 is 1.25 bits per heavy atom. The zero-order valence-corrected chi connectivity index (χ0v) is 12.7. The molecule has 2 rings (SSSR count). The van der Waals surface area contributed by atoms with Gasteiger partial charge in [0.1, 0.15) is 15.8 Å². The molecule has 0 aliphatic rings. The van der Waals surface area contributed by atoms with Gasteiger partial charge >= 0.3 is 0 Å². The molecule has 1 N–H and O–H groups in total. The Labute approximate surface area is 123 Å². The van der Waals surface area contributed by atoms with Gasteiger partial charge < -0.3 is 5.32 Å². The minimum Gasteiger partial charge on any atom is -0.316 e. The molecule has 1 heterocycles. The summed E-state index contributed by atoms with van der Waals surface area (Å²) in [5.41, 5.74) is 0.936. The molecule has 0 radical (unpaired) electrons. The molecule has 0 atom stereocenters. The van der Waals surface area contributed by atoms with E-state index in [0.717, 1.165) is 35.1 Å². The maximum Gasteiger partial charge on any atom is 0.123 e. The highest BCUT2D eigenvalue weighted by molar-refractivity contribution is 7.11. The van der Waals surface area contributed by atoms with Crippen molar-refractivity contribution >= 4 is 11.3 Å². The van der Waals surface area contributed by atoms with E-state index < -0.39 is 0 Å². The number of nitrogens with zero attached hydrogens (tertiary/aromatic N) is 2. The number of hydrogen-bond acceptors (Lipinski definition) is 4. The molecule has 20 heavy (non-hydrogen) atoms. The molecule has 0 bridgehead atoms. The van der Waals surface area contributed by atoms with E-state index in [0.29, 0.717) is 12.3 Å². The summed E-state index contributed by atoms with van der Waals surface area (Å²) in [5.74, 6) is 0.457. The molecule has 5 heteroatoms. The third-order valence-electron chi connectivity index (χ3n) is 2.82. The van der Waals surface area contributed by atoms with Gasteiger partial charge in [-0.15, -0.1) is 21.5 Å². The highest BCUT2D eigenvalue weighted by Gasteiger charge is 2.06. The fourth-order valence-corrected chi connectivity index (χ4v) is 2.75. The molecule has 0 spiro atoms. The predicted octanol–water partition coefficient (Wildman–Crippen LogP) is 3.06. The molecular formula is C15H20FN3S. The van der Waals surface area contributed by atoms with Gasteiger partial charge in [0.15, 0.2) is 0 Å². The number of nitrogens with one attached hydrogen (secondary N) is 1. The Hall–Kier alpha value is -1.33. The highest BCUT2D eigenvalue weighted by Crippen LogP contribution is 2.15. The quantitative estimate of drug-likeness (QED) is 0.797.